The fraction of sp³-hybridized carbons (Fsp3) is 0.462. The Labute approximate surface area is 161 Å². The van der Waals surface area contributed by atoms with Crippen LogP contribution in [-0.4, -0.2) is 33.5 Å². The van der Waals surface area contributed by atoms with E-state index in [9.17, 15) is 0 Å². The molecule has 0 aliphatic heterocycles. The van der Waals surface area contributed by atoms with Gasteiger partial charge in [0.25, 0.3) is 0 Å². The third kappa shape index (κ3) is 7.02. The second-order valence-electron chi connectivity index (χ2n) is 4.70. The summed E-state index contributed by atoms with van der Waals surface area (Å²) in [6, 6.07) is 9.33. The highest BCUT2D eigenvalue weighted by molar-refractivity contribution is 9.35. The van der Waals surface area contributed by atoms with E-state index in [2.05, 4.69) is 29.7 Å². The molecular formula is C13H19NO2S6Si. The molecule has 0 amide bonds. The zero-order chi connectivity index (χ0) is 16.5. The third-order valence-electron chi connectivity index (χ3n) is 3.21. The first-order chi connectivity index (χ1) is 11.2. The number of aromatic nitrogens is 1. The molecule has 0 N–H and O–H groups in total. The predicted octanol–water partition coefficient (Wildman–Crippen LogP) is 6.74. The maximum atomic E-state index is 5.49. The van der Waals surface area contributed by atoms with E-state index >= 15 is 0 Å². The number of fused-ring (bicyclic) bond motifs is 1. The fourth-order valence-electron chi connectivity index (χ4n) is 1.73. The zero-order valence-electron chi connectivity index (χ0n) is 13.1. The molecule has 2 rings (SSSR count). The van der Waals surface area contributed by atoms with Crippen molar-refractivity contribution in [2.45, 2.75) is 23.4 Å². The number of thiazole rings is 1. The molecule has 0 aliphatic rings. The second-order valence-corrected chi connectivity index (χ2v) is 17.3. The van der Waals surface area contributed by atoms with Crippen LogP contribution in [0.4, 0.5) is 0 Å². The molecule has 0 radical (unpaired) electrons. The van der Waals surface area contributed by atoms with Gasteiger partial charge in [-0.3, -0.25) is 0 Å². The number of para-hydroxylation sites is 1. The van der Waals surface area contributed by atoms with Gasteiger partial charge in [-0.15, -0.1) is 11.3 Å². The smallest absolute Gasteiger partial charge is 0.334 e. The molecule has 0 fully saturated rings. The Morgan fingerprint density at radius 3 is 2.65 bits per heavy atom. The molecule has 2 aromatic rings. The molecule has 0 saturated carbocycles. The molecular weight excluding hydrogens is 423 g/mol. The summed E-state index contributed by atoms with van der Waals surface area (Å²) >= 11 is 1.76. The van der Waals surface area contributed by atoms with Crippen molar-refractivity contribution >= 4 is 81.2 Å². The van der Waals surface area contributed by atoms with Gasteiger partial charge in [0.15, 0.2) is 4.34 Å². The lowest BCUT2D eigenvalue weighted by molar-refractivity contribution is 0.249. The van der Waals surface area contributed by atoms with Crippen molar-refractivity contribution < 1.29 is 8.85 Å². The van der Waals surface area contributed by atoms with Gasteiger partial charge in [0.1, 0.15) is 0 Å². The molecule has 0 bridgehead atoms. The monoisotopic (exact) mass is 441 g/mol. The van der Waals surface area contributed by atoms with Crippen LogP contribution in [0.25, 0.3) is 10.2 Å². The van der Waals surface area contributed by atoms with Crippen molar-refractivity contribution in [2.75, 3.05) is 20.0 Å². The van der Waals surface area contributed by atoms with Crippen LogP contribution >= 0.6 is 62.4 Å². The van der Waals surface area contributed by atoms with Gasteiger partial charge >= 0.3 is 8.56 Å². The molecule has 0 spiro atoms. The number of hydrogen-bond acceptors (Lipinski definition) is 9. The molecule has 1 heterocycles. The first-order valence-corrected chi connectivity index (χ1v) is 16.6. The first-order valence-electron chi connectivity index (χ1n) is 6.92. The van der Waals surface area contributed by atoms with Crippen LogP contribution in [0.3, 0.4) is 0 Å². The largest absolute Gasteiger partial charge is 0.398 e. The Morgan fingerprint density at radius 2 is 1.91 bits per heavy atom. The van der Waals surface area contributed by atoms with Crippen LogP contribution < -0.4 is 0 Å². The number of rotatable bonds is 11. The van der Waals surface area contributed by atoms with Crippen LogP contribution in [0.5, 0.6) is 0 Å². The number of nitrogens with zero attached hydrogens (tertiary/aromatic N) is 1. The van der Waals surface area contributed by atoms with E-state index in [1.807, 2.05) is 26.7 Å². The van der Waals surface area contributed by atoms with Gasteiger partial charge in [0, 0.05) is 20.0 Å². The van der Waals surface area contributed by atoms with Crippen molar-refractivity contribution in [2.24, 2.45) is 0 Å². The average molecular weight is 442 g/mol. The summed E-state index contributed by atoms with van der Waals surface area (Å²) in [6.45, 7) is 2.12. The maximum Gasteiger partial charge on any atom is 0.334 e. The van der Waals surface area contributed by atoms with Gasteiger partial charge in [0.05, 0.1) is 10.2 Å². The normalized spacial score (nSPS) is 12.1. The molecule has 0 aliphatic carbocycles. The van der Waals surface area contributed by atoms with Crippen molar-refractivity contribution in [3.05, 3.63) is 24.3 Å². The van der Waals surface area contributed by atoms with Crippen molar-refractivity contribution in [3.8, 4) is 0 Å². The van der Waals surface area contributed by atoms with E-state index in [1.165, 1.54) is 4.70 Å². The molecule has 3 nitrogen and oxygen atoms in total. The van der Waals surface area contributed by atoms with E-state index in [0.29, 0.717) is 0 Å². The molecule has 10 heteroatoms. The highest BCUT2D eigenvalue weighted by Crippen LogP contribution is 2.52. The van der Waals surface area contributed by atoms with Crippen molar-refractivity contribution in [1.29, 1.82) is 0 Å². The van der Waals surface area contributed by atoms with Crippen LogP contribution in [0, 0.1) is 0 Å². The number of hydrogen-bond donors (Lipinski definition) is 0. The summed E-state index contributed by atoms with van der Waals surface area (Å²) in [4.78, 5) is 4.61. The molecule has 1 aromatic heterocycles. The average Bonchev–Trinajstić information content (AvgIpc) is 2.99. The first kappa shape index (κ1) is 20.3. The topological polar surface area (TPSA) is 31.4 Å². The molecule has 128 valence electrons. The van der Waals surface area contributed by atoms with E-state index in [1.54, 1.807) is 56.0 Å². The lowest BCUT2D eigenvalue weighted by Gasteiger charge is -2.22. The maximum absolute atomic E-state index is 5.49. The highest BCUT2D eigenvalue weighted by atomic mass is 33.8. The minimum Gasteiger partial charge on any atom is -0.398 e. The van der Waals surface area contributed by atoms with Crippen LogP contribution in [0.1, 0.15) is 6.42 Å². The van der Waals surface area contributed by atoms with Crippen LogP contribution in [-0.2, 0) is 8.85 Å². The van der Waals surface area contributed by atoms with Gasteiger partial charge in [-0.05, 0) is 71.4 Å². The summed E-state index contributed by atoms with van der Waals surface area (Å²) in [5.74, 6) is 1.12. The lowest BCUT2D eigenvalue weighted by Crippen LogP contribution is -2.35. The Hall–Kier alpha value is 0.997. The van der Waals surface area contributed by atoms with Crippen LogP contribution in [0.2, 0.25) is 12.6 Å². The zero-order valence-corrected chi connectivity index (χ0v) is 19.0. The van der Waals surface area contributed by atoms with E-state index < -0.39 is 8.56 Å². The van der Waals surface area contributed by atoms with Gasteiger partial charge in [-0.25, -0.2) is 4.98 Å². The quantitative estimate of drug-likeness (QED) is 0.215. The van der Waals surface area contributed by atoms with E-state index in [0.717, 1.165) is 28.1 Å². The minimum absolute atomic E-state index is 1.05. The van der Waals surface area contributed by atoms with Crippen molar-refractivity contribution in [1.82, 2.24) is 4.98 Å². The van der Waals surface area contributed by atoms with Gasteiger partial charge in [-0.1, -0.05) is 22.9 Å². The Bertz CT molecular complexity index is 562. The van der Waals surface area contributed by atoms with E-state index in [-0.39, 0.29) is 0 Å². The van der Waals surface area contributed by atoms with Gasteiger partial charge < -0.3 is 8.85 Å². The van der Waals surface area contributed by atoms with Crippen LogP contribution in [0.15, 0.2) is 28.6 Å². The van der Waals surface area contributed by atoms with Gasteiger partial charge in [-0.2, -0.15) is 0 Å². The summed E-state index contributed by atoms with van der Waals surface area (Å²) in [6.07, 6.45) is 1.14. The molecule has 23 heavy (non-hydrogen) atoms. The third-order valence-corrected chi connectivity index (χ3v) is 16.1. The standard InChI is InChI=1S/C13H19NO2S6Si/c1-15-23(3,16-2)10-6-9-17-20-22-21-19-13-14-11-7-4-5-8-12(11)18-13/h4-5,7-8H,6,9-10H2,1-3H3. The summed E-state index contributed by atoms with van der Waals surface area (Å²) in [5, 5.41) is 0. The Morgan fingerprint density at radius 1 is 1.13 bits per heavy atom. The fourth-order valence-corrected chi connectivity index (χ4v) is 13.5. The number of benzene rings is 1. The van der Waals surface area contributed by atoms with Crippen molar-refractivity contribution in [3.63, 3.8) is 0 Å². The predicted molar refractivity (Wildman–Crippen MR) is 116 cm³/mol. The lowest BCUT2D eigenvalue weighted by atomic mass is 10.3. The van der Waals surface area contributed by atoms with Gasteiger partial charge in [0.2, 0.25) is 0 Å². The summed E-state index contributed by atoms with van der Waals surface area (Å²) < 4.78 is 13.4. The summed E-state index contributed by atoms with van der Waals surface area (Å²) in [5.41, 5.74) is 1.09. The Balaban J connectivity index is 1.54. The Kier molecular flexibility index (Phi) is 9.60. The summed E-state index contributed by atoms with van der Waals surface area (Å²) in [7, 11) is 10.7. The molecule has 0 unspecified atom stereocenters. The second kappa shape index (κ2) is 10.9. The SMILES string of the molecule is CO[Si](C)(CCCSSSSSc1nc2ccccc2s1)OC. The molecule has 1 aromatic carbocycles. The van der Waals surface area contributed by atoms with E-state index in [4.69, 9.17) is 8.85 Å². The minimum atomic E-state index is -1.88. The molecule has 0 saturated heterocycles. The molecule has 0 atom stereocenters. The highest BCUT2D eigenvalue weighted by Gasteiger charge is 2.27.